The number of carboxylic acid groups (broad SMARTS) is 1. The normalized spacial score (nSPS) is 28.0. The van der Waals surface area contributed by atoms with Gasteiger partial charge in [0.1, 0.15) is 23.6 Å². The van der Waals surface area contributed by atoms with Gasteiger partial charge in [-0.25, -0.2) is 19.5 Å². The van der Waals surface area contributed by atoms with Gasteiger partial charge in [-0.05, 0) is 32.4 Å². The summed E-state index contributed by atoms with van der Waals surface area (Å²) in [5.74, 6) is -2.32. The van der Waals surface area contributed by atoms with Crippen LogP contribution in [0.1, 0.15) is 32.4 Å². The number of hydrogen-bond donors (Lipinski definition) is 2. The molecule has 206 valence electrons. The summed E-state index contributed by atoms with van der Waals surface area (Å²) in [4.78, 5) is 66.1. The number of thioether (sulfide) groups is 1. The first-order chi connectivity index (χ1) is 18.5. The van der Waals surface area contributed by atoms with Crippen LogP contribution >= 0.6 is 11.8 Å². The quantitative estimate of drug-likeness (QED) is 0.263. The van der Waals surface area contributed by atoms with Crippen LogP contribution in [-0.2, 0) is 19.1 Å². The van der Waals surface area contributed by atoms with Crippen molar-refractivity contribution in [3.8, 4) is 0 Å². The third kappa shape index (κ3) is 5.45. The number of amides is 6. The molecular weight excluding hydrogens is 551 g/mol. The van der Waals surface area contributed by atoms with Gasteiger partial charge in [0.2, 0.25) is 17.7 Å². The molecule has 1 aromatic rings. The van der Waals surface area contributed by atoms with E-state index in [0.29, 0.717) is 5.56 Å². The summed E-state index contributed by atoms with van der Waals surface area (Å²) in [7, 11) is 0. The number of β-lactam (4-membered cyclic amide) rings is 1. The number of carbonyl (C=O) groups is 5. The van der Waals surface area contributed by atoms with Crippen molar-refractivity contribution in [3.05, 3.63) is 48.0 Å². The molecule has 4 aliphatic heterocycles. The molecule has 40 heavy (non-hydrogen) atoms. The molecule has 1 aromatic carbocycles. The van der Waals surface area contributed by atoms with Gasteiger partial charge < -0.3 is 30.2 Å². The summed E-state index contributed by atoms with van der Waals surface area (Å²) in [5.41, 5.74) is 0.432. The molecule has 13 nitrogen and oxygen atoms in total. The monoisotopic (exact) mass is 578 g/mol. The number of fused-ring (bicyclic) bond motifs is 1. The van der Waals surface area contributed by atoms with E-state index in [1.807, 2.05) is 6.92 Å². The molecule has 0 bridgehead atoms. The number of ether oxygens (including phenoxy) is 1. The van der Waals surface area contributed by atoms with Crippen LogP contribution in [-0.4, -0.2) is 92.0 Å². The van der Waals surface area contributed by atoms with Crippen LogP contribution in [0.3, 0.4) is 0 Å². The number of carboxylic acids is 1. The maximum atomic E-state index is 13.4. The van der Waals surface area contributed by atoms with Crippen LogP contribution in [0.15, 0.2) is 47.6 Å². The molecule has 0 radical (unpaired) electrons. The molecular formula is C25H27N6NaO7S. The number of hydrogen-bond acceptors (Lipinski definition) is 9. The molecule has 2 N–H and O–H groups in total. The minimum Gasteiger partial charge on any atom is -0.548 e. The van der Waals surface area contributed by atoms with E-state index >= 15 is 0 Å². The topological polar surface area (TPSA) is 164 Å². The summed E-state index contributed by atoms with van der Waals surface area (Å²) in [6, 6.07) is 3.57. The molecule has 2 unspecified atom stereocenters. The van der Waals surface area contributed by atoms with Crippen LogP contribution in [0, 0.1) is 0 Å². The van der Waals surface area contributed by atoms with Gasteiger partial charge in [-0.15, -0.1) is 16.9 Å². The van der Waals surface area contributed by atoms with Gasteiger partial charge in [0.15, 0.2) is 0 Å². The maximum absolute atomic E-state index is 13.4. The standard InChI is InChI=1S/C25H28N6O7S.Na/c1-13-9-10-15(38-13)28-30-12-11-29(24(30)37)23(36)27-16(14-7-5-4-6-8-14)19(32)26-17-20(33)31-18(22(34)35)25(2,3)39-21(17)31;/h4-10,13,16-18,21H,11-12H2,1-3H3,(H,26,32)(H,27,36)(H,34,35);/q;+1/p-1/t13?,16?,17-,18+,21-;/m1./s1. The number of nitrogens with one attached hydrogen (secondary N) is 2. The zero-order valence-corrected chi connectivity index (χ0v) is 25.2. The molecule has 5 atom stereocenters. The number of imide groups is 1. The third-order valence-corrected chi connectivity index (χ3v) is 8.46. The predicted octanol–water partition coefficient (Wildman–Crippen LogP) is -3.24. The Labute approximate surface area is 256 Å². The van der Waals surface area contributed by atoms with E-state index < -0.39 is 58.1 Å². The van der Waals surface area contributed by atoms with E-state index in [4.69, 9.17) is 4.74 Å². The van der Waals surface area contributed by atoms with Crippen LogP contribution in [0.25, 0.3) is 0 Å². The fourth-order valence-corrected chi connectivity index (χ4v) is 6.60. The van der Waals surface area contributed by atoms with Crippen molar-refractivity contribution in [1.82, 2.24) is 25.4 Å². The Hall–Kier alpha value is -3.07. The second-order valence-electron chi connectivity index (χ2n) is 10.0. The van der Waals surface area contributed by atoms with Gasteiger partial charge in [-0.1, -0.05) is 30.3 Å². The molecule has 4 aliphatic rings. The Bertz CT molecular complexity index is 1290. The van der Waals surface area contributed by atoms with Crippen molar-refractivity contribution in [2.45, 2.75) is 55.1 Å². The molecule has 5 rings (SSSR count). The molecule has 4 heterocycles. The van der Waals surface area contributed by atoms with Crippen molar-refractivity contribution in [2.24, 2.45) is 5.10 Å². The SMILES string of the molecule is CC1C=CC(=NN2CCN(C(=O)NC(C(=O)N[C@@H]3C(=O)N4[C@@H]3SC(C)(C)[C@@H]4C(=O)[O-])c3ccccc3)C2=O)O1.[Na+]. The Kier molecular flexibility index (Phi) is 8.54. The average molecular weight is 579 g/mol. The molecule has 3 fully saturated rings. The van der Waals surface area contributed by atoms with E-state index in [9.17, 15) is 29.1 Å². The molecule has 15 heteroatoms. The first-order valence-corrected chi connectivity index (χ1v) is 13.2. The zero-order valence-electron chi connectivity index (χ0n) is 22.4. The zero-order chi connectivity index (χ0) is 28.1. The molecule has 0 aliphatic carbocycles. The molecule has 0 aromatic heterocycles. The fourth-order valence-electron chi connectivity index (χ4n) is 4.98. The van der Waals surface area contributed by atoms with Gasteiger partial charge in [0, 0.05) is 10.8 Å². The van der Waals surface area contributed by atoms with Crippen molar-refractivity contribution >= 4 is 47.5 Å². The summed E-state index contributed by atoms with van der Waals surface area (Å²) in [6.07, 6.45) is 3.25. The largest absolute Gasteiger partial charge is 1.00 e. The average Bonchev–Trinajstić information content (AvgIpc) is 3.55. The minimum absolute atomic E-state index is 0. The second kappa shape index (κ2) is 11.4. The Balaban J connectivity index is 0.00000370. The van der Waals surface area contributed by atoms with Gasteiger partial charge in [-0.2, -0.15) is 0 Å². The second-order valence-corrected chi connectivity index (χ2v) is 11.8. The van der Waals surface area contributed by atoms with Crippen LogP contribution in [0.4, 0.5) is 9.59 Å². The van der Waals surface area contributed by atoms with Gasteiger partial charge in [0.05, 0.1) is 25.1 Å². The van der Waals surface area contributed by atoms with Crippen LogP contribution < -0.4 is 45.3 Å². The summed E-state index contributed by atoms with van der Waals surface area (Å²) >= 11 is 1.26. The van der Waals surface area contributed by atoms with Crippen molar-refractivity contribution < 1.29 is 63.4 Å². The van der Waals surface area contributed by atoms with Crippen LogP contribution in [0.2, 0.25) is 0 Å². The smallest absolute Gasteiger partial charge is 0.548 e. The Morgan fingerprint density at radius 3 is 2.50 bits per heavy atom. The van der Waals surface area contributed by atoms with Crippen molar-refractivity contribution in [3.63, 3.8) is 0 Å². The predicted molar refractivity (Wildman–Crippen MR) is 137 cm³/mol. The van der Waals surface area contributed by atoms with E-state index in [0.717, 1.165) is 9.91 Å². The van der Waals surface area contributed by atoms with E-state index in [1.165, 1.54) is 16.7 Å². The first-order valence-electron chi connectivity index (χ1n) is 12.4. The Morgan fingerprint density at radius 1 is 1.18 bits per heavy atom. The third-order valence-electron chi connectivity index (χ3n) is 6.89. The molecule has 0 spiro atoms. The molecule has 6 amide bonds. The first kappa shape index (κ1) is 29.9. The van der Waals surface area contributed by atoms with Gasteiger partial charge in [-0.3, -0.25) is 9.59 Å². The van der Waals surface area contributed by atoms with Gasteiger partial charge >= 0.3 is 41.6 Å². The van der Waals surface area contributed by atoms with E-state index in [-0.39, 0.29) is 54.6 Å². The van der Waals surface area contributed by atoms with Crippen molar-refractivity contribution in [1.29, 1.82) is 0 Å². The van der Waals surface area contributed by atoms with Crippen LogP contribution in [0.5, 0.6) is 0 Å². The minimum atomic E-state index is -1.36. The summed E-state index contributed by atoms with van der Waals surface area (Å²) < 4.78 is 4.64. The van der Waals surface area contributed by atoms with Crippen molar-refractivity contribution in [2.75, 3.05) is 13.1 Å². The van der Waals surface area contributed by atoms with E-state index in [1.54, 1.807) is 56.3 Å². The summed E-state index contributed by atoms with van der Waals surface area (Å²) in [6.45, 7) is 5.41. The maximum Gasteiger partial charge on any atom is 1.00 e. The van der Waals surface area contributed by atoms with E-state index in [2.05, 4.69) is 15.7 Å². The number of rotatable bonds is 6. The number of benzene rings is 1. The molecule has 3 saturated heterocycles. The number of hydrazone groups is 1. The number of aliphatic carboxylic acids is 1. The number of urea groups is 2. The number of nitrogens with zero attached hydrogens (tertiary/aromatic N) is 4. The van der Waals surface area contributed by atoms with Gasteiger partial charge in [0.25, 0.3) is 0 Å². The summed E-state index contributed by atoms with van der Waals surface area (Å²) in [5, 5.41) is 21.6. The Morgan fingerprint density at radius 2 is 1.88 bits per heavy atom. The molecule has 0 saturated carbocycles. The fraction of sp³-hybridized carbons (Fsp3) is 0.440. The number of carbonyl (C=O) groups excluding carboxylic acids is 5.